The van der Waals surface area contributed by atoms with E-state index in [2.05, 4.69) is 4.98 Å². The second-order valence-corrected chi connectivity index (χ2v) is 4.67. The van der Waals surface area contributed by atoms with Crippen molar-refractivity contribution < 1.29 is 4.79 Å². The number of nitrogens with zero attached hydrogens (tertiary/aromatic N) is 2. The van der Waals surface area contributed by atoms with Crippen LogP contribution in [0.1, 0.15) is 6.42 Å². The summed E-state index contributed by atoms with van der Waals surface area (Å²) in [6, 6.07) is 3.39. The summed E-state index contributed by atoms with van der Waals surface area (Å²) in [5, 5.41) is 2.00. The minimum atomic E-state index is -0.603. The smallest absolute Gasteiger partial charge is 0.234 e. The van der Waals surface area contributed by atoms with E-state index >= 15 is 0 Å². The van der Waals surface area contributed by atoms with Crippen molar-refractivity contribution in [1.29, 1.82) is 0 Å². The van der Waals surface area contributed by atoms with Crippen LogP contribution in [0, 0.1) is 0 Å². The van der Waals surface area contributed by atoms with Gasteiger partial charge in [0.05, 0.1) is 10.9 Å². The lowest BCUT2D eigenvalue weighted by Gasteiger charge is -2.09. The van der Waals surface area contributed by atoms with Crippen molar-refractivity contribution in [3.63, 3.8) is 0 Å². The van der Waals surface area contributed by atoms with Crippen LogP contribution in [0.3, 0.4) is 0 Å². The number of nitrogens with two attached hydrogens (primary N) is 2. The fraction of sp³-hybridized carbons (Fsp3) is 0.273. The number of rotatable bonds is 5. The van der Waals surface area contributed by atoms with Crippen LogP contribution in [0.5, 0.6) is 0 Å². The van der Waals surface area contributed by atoms with Crippen LogP contribution in [-0.2, 0) is 11.3 Å². The maximum absolute atomic E-state index is 10.8. The van der Waals surface area contributed by atoms with E-state index in [1.165, 1.54) is 0 Å². The van der Waals surface area contributed by atoms with Crippen molar-refractivity contribution in [3.05, 3.63) is 29.9 Å². The van der Waals surface area contributed by atoms with Gasteiger partial charge in [-0.25, -0.2) is 4.98 Å². The van der Waals surface area contributed by atoms with Crippen LogP contribution in [0.25, 0.3) is 10.7 Å². The second kappa shape index (κ2) is 5.11. The zero-order chi connectivity index (χ0) is 12.3. The summed E-state index contributed by atoms with van der Waals surface area (Å²) < 4.78 is 1.98. The van der Waals surface area contributed by atoms with Gasteiger partial charge in [-0.2, -0.15) is 0 Å². The highest BCUT2D eigenvalue weighted by molar-refractivity contribution is 7.13. The second-order valence-electron chi connectivity index (χ2n) is 3.72. The van der Waals surface area contributed by atoms with E-state index in [4.69, 9.17) is 11.5 Å². The van der Waals surface area contributed by atoms with Crippen LogP contribution in [0.4, 0.5) is 0 Å². The van der Waals surface area contributed by atoms with E-state index in [9.17, 15) is 4.79 Å². The summed E-state index contributed by atoms with van der Waals surface area (Å²) in [4.78, 5) is 16.2. The summed E-state index contributed by atoms with van der Waals surface area (Å²) in [6.07, 6.45) is 4.14. The predicted octanol–water partition coefficient (Wildman–Crippen LogP) is 0.814. The summed E-state index contributed by atoms with van der Waals surface area (Å²) in [6.45, 7) is 0.636. The minimum Gasteiger partial charge on any atom is -0.368 e. The van der Waals surface area contributed by atoms with Gasteiger partial charge in [0.1, 0.15) is 5.82 Å². The van der Waals surface area contributed by atoms with E-state index < -0.39 is 11.9 Å². The Hall–Kier alpha value is -1.66. The first-order valence-corrected chi connectivity index (χ1v) is 6.16. The van der Waals surface area contributed by atoms with Crippen molar-refractivity contribution in [2.75, 3.05) is 0 Å². The quantitative estimate of drug-likeness (QED) is 0.823. The summed E-state index contributed by atoms with van der Waals surface area (Å²) in [5.41, 5.74) is 10.7. The summed E-state index contributed by atoms with van der Waals surface area (Å²) >= 11 is 1.63. The number of primary amides is 1. The molecule has 0 aliphatic rings. The molecule has 2 heterocycles. The Morgan fingerprint density at radius 1 is 1.59 bits per heavy atom. The average molecular weight is 250 g/mol. The molecule has 1 atom stereocenters. The van der Waals surface area contributed by atoms with Gasteiger partial charge in [-0.15, -0.1) is 11.3 Å². The molecule has 0 aliphatic carbocycles. The van der Waals surface area contributed by atoms with Crippen LogP contribution in [-0.4, -0.2) is 21.5 Å². The van der Waals surface area contributed by atoms with Crippen LogP contribution in [0.2, 0.25) is 0 Å². The number of carbonyl (C=O) groups is 1. The predicted molar refractivity (Wildman–Crippen MR) is 67.3 cm³/mol. The largest absolute Gasteiger partial charge is 0.368 e. The molecule has 6 heteroatoms. The standard InChI is InChI=1S/C11H14N4OS/c12-8(10(13)16)3-5-15-6-4-14-11(15)9-2-1-7-17-9/h1-2,4,6-8H,3,5,12H2,(H2,13,16). The lowest BCUT2D eigenvalue weighted by Crippen LogP contribution is -2.37. The lowest BCUT2D eigenvalue weighted by molar-refractivity contribution is -0.119. The first-order valence-electron chi connectivity index (χ1n) is 5.28. The molecule has 0 bridgehead atoms. The first-order chi connectivity index (χ1) is 8.18. The molecule has 1 unspecified atom stereocenters. The van der Waals surface area contributed by atoms with Gasteiger partial charge >= 0.3 is 0 Å². The summed E-state index contributed by atoms with van der Waals surface area (Å²) in [7, 11) is 0. The van der Waals surface area contributed by atoms with Crippen molar-refractivity contribution in [2.45, 2.75) is 19.0 Å². The topological polar surface area (TPSA) is 86.9 Å². The maximum atomic E-state index is 10.8. The number of carbonyl (C=O) groups excluding carboxylic acids is 1. The van der Waals surface area contributed by atoms with Gasteiger partial charge in [-0.3, -0.25) is 4.79 Å². The molecule has 5 nitrogen and oxygen atoms in total. The maximum Gasteiger partial charge on any atom is 0.234 e. The first kappa shape index (κ1) is 11.8. The molecule has 0 spiro atoms. The van der Waals surface area contributed by atoms with Crippen LogP contribution < -0.4 is 11.5 Å². The van der Waals surface area contributed by atoms with Crippen molar-refractivity contribution in [1.82, 2.24) is 9.55 Å². The zero-order valence-electron chi connectivity index (χ0n) is 9.24. The van der Waals surface area contributed by atoms with Gasteiger partial charge in [0.2, 0.25) is 5.91 Å². The van der Waals surface area contributed by atoms with Crippen molar-refractivity contribution in [3.8, 4) is 10.7 Å². The molecule has 90 valence electrons. The van der Waals surface area contributed by atoms with E-state index in [0.717, 1.165) is 10.7 Å². The van der Waals surface area contributed by atoms with E-state index in [1.54, 1.807) is 17.5 Å². The molecular formula is C11H14N4OS. The highest BCUT2D eigenvalue weighted by Gasteiger charge is 2.11. The Morgan fingerprint density at radius 2 is 2.41 bits per heavy atom. The van der Waals surface area contributed by atoms with Gasteiger partial charge in [0, 0.05) is 18.9 Å². The molecule has 0 aromatic carbocycles. The third kappa shape index (κ3) is 2.72. The minimum absolute atomic E-state index is 0.470. The van der Waals surface area contributed by atoms with Gasteiger partial charge in [-0.1, -0.05) is 6.07 Å². The highest BCUT2D eigenvalue weighted by Crippen LogP contribution is 2.22. The Balaban J connectivity index is 2.08. The number of hydrogen-bond donors (Lipinski definition) is 2. The number of thiophene rings is 1. The molecule has 0 aliphatic heterocycles. The molecule has 2 aromatic rings. The Labute approximate surface area is 103 Å². The number of aryl methyl sites for hydroxylation is 1. The third-order valence-corrected chi connectivity index (χ3v) is 3.37. The van der Waals surface area contributed by atoms with Gasteiger partial charge in [0.25, 0.3) is 0 Å². The fourth-order valence-electron chi connectivity index (χ4n) is 1.54. The molecule has 17 heavy (non-hydrogen) atoms. The van der Waals surface area contributed by atoms with Crippen molar-refractivity contribution in [2.24, 2.45) is 11.5 Å². The van der Waals surface area contributed by atoms with Crippen LogP contribution >= 0.6 is 11.3 Å². The monoisotopic (exact) mass is 250 g/mol. The number of amides is 1. The lowest BCUT2D eigenvalue weighted by atomic mass is 10.2. The molecule has 0 saturated heterocycles. The van der Waals surface area contributed by atoms with Crippen LogP contribution in [0.15, 0.2) is 29.9 Å². The Morgan fingerprint density at radius 3 is 3.06 bits per heavy atom. The van der Waals surface area contributed by atoms with Crippen molar-refractivity contribution >= 4 is 17.2 Å². The van der Waals surface area contributed by atoms with E-state index in [0.29, 0.717) is 13.0 Å². The fourth-order valence-corrected chi connectivity index (χ4v) is 2.28. The SMILES string of the molecule is NC(=O)C(N)CCn1ccnc1-c1cccs1. The van der Waals surface area contributed by atoms with Gasteiger partial charge < -0.3 is 16.0 Å². The molecule has 4 N–H and O–H groups in total. The van der Waals surface area contributed by atoms with E-state index in [1.807, 2.05) is 28.3 Å². The molecule has 2 aromatic heterocycles. The molecule has 2 rings (SSSR count). The molecule has 1 amide bonds. The zero-order valence-corrected chi connectivity index (χ0v) is 10.1. The Kier molecular flexibility index (Phi) is 3.55. The highest BCUT2D eigenvalue weighted by atomic mass is 32.1. The van der Waals surface area contributed by atoms with E-state index in [-0.39, 0.29) is 0 Å². The molecular weight excluding hydrogens is 236 g/mol. The average Bonchev–Trinajstić information content (AvgIpc) is 2.95. The van der Waals surface area contributed by atoms with Gasteiger partial charge in [-0.05, 0) is 17.9 Å². The molecule has 0 saturated carbocycles. The number of aromatic nitrogens is 2. The van der Waals surface area contributed by atoms with Gasteiger partial charge in [0.15, 0.2) is 0 Å². The number of hydrogen-bond acceptors (Lipinski definition) is 4. The normalized spacial score (nSPS) is 12.5. The molecule has 0 radical (unpaired) electrons. The summed E-state index contributed by atoms with van der Waals surface area (Å²) in [5.74, 6) is 0.430. The number of imidazole rings is 1. The Bertz CT molecular complexity index is 491. The third-order valence-electron chi connectivity index (χ3n) is 2.50. The molecule has 0 fully saturated rings.